The second-order valence-corrected chi connectivity index (χ2v) is 5.65. The van der Waals surface area contributed by atoms with E-state index in [9.17, 15) is 13.0 Å². The third kappa shape index (κ3) is 3.54. The predicted molar refractivity (Wildman–Crippen MR) is 65.7 cm³/mol. The van der Waals surface area contributed by atoms with Crippen molar-refractivity contribution in [1.29, 1.82) is 0 Å². The van der Waals surface area contributed by atoms with Gasteiger partial charge in [0.2, 0.25) is 0 Å². The minimum absolute atomic E-state index is 0.325. The van der Waals surface area contributed by atoms with Gasteiger partial charge in [-0.1, -0.05) is 18.2 Å². The highest BCUT2D eigenvalue weighted by molar-refractivity contribution is 7.85. The van der Waals surface area contributed by atoms with Crippen LogP contribution < -0.4 is 0 Å². The molecule has 2 rings (SSSR count). The fourth-order valence-electron chi connectivity index (χ4n) is 1.94. The molecule has 0 saturated carbocycles. The van der Waals surface area contributed by atoms with Gasteiger partial charge in [-0.2, -0.15) is 4.58 Å². The summed E-state index contributed by atoms with van der Waals surface area (Å²) in [7, 11) is -4.12. The van der Waals surface area contributed by atoms with E-state index in [0.29, 0.717) is 19.6 Å². The lowest BCUT2D eigenvalue weighted by Crippen LogP contribution is -2.20. The molecule has 0 saturated heterocycles. The number of benzene rings is 1. The summed E-state index contributed by atoms with van der Waals surface area (Å²) >= 11 is 0. The molecule has 5 nitrogen and oxygen atoms in total. The third-order valence-electron chi connectivity index (χ3n) is 2.73. The van der Waals surface area contributed by atoms with Crippen LogP contribution in [-0.2, 0) is 14.9 Å². The Morgan fingerprint density at radius 3 is 2.67 bits per heavy atom. The minimum Gasteiger partial charge on any atom is -0.748 e. The molecule has 0 aromatic heterocycles. The average molecular weight is 269 g/mol. The summed E-state index contributed by atoms with van der Waals surface area (Å²) in [4.78, 5) is 0. The van der Waals surface area contributed by atoms with Gasteiger partial charge in [-0.3, -0.25) is 0 Å². The molecular formula is C12H15NO4S. The summed E-state index contributed by atoms with van der Waals surface area (Å²) in [5.41, 5.74) is 0.972. The van der Waals surface area contributed by atoms with E-state index in [-0.39, 0.29) is 5.75 Å². The van der Waals surface area contributed by atoms with E-state index in [1.807, 2.05) is 34.9 Å². The maximum absolute atomic E-state index is 10.5. The molecule has 1 heterocycles. The van der Waals surface area contributed by atoms with Crippen LogP contribution in [0.5, 0.6) is 0 Å². The van der Waals surface area contributed by atoms with Crippen molar-refractivity contribution in [2.24, 2.45) is 0 Å². The predicted octanol–water partition coefficient (Wildman–Crippen LogP) is 0.411. The van der Waals surface area contributed by atoms with Gasteiger partial charge in [0.25, 0.3) is 0 Å². The van der Waals surface area contributed by atoms with Crippen molar-refractivity contribution in [3.05, 3.63) is 35.9 Å². The normalized spacial score (nSPS) is 15.8. The molecule has 0 atom stereocenters. The molecule has 0 fully saturated rings. The van der Waals surface area contributed by atoms with Gasteiger partial charge in [0.1, 0.15) is 6.54 Å². The Hall–Kier alpha value is -1.40. The van der Waals surface area contributed by atoms with Crippen LogP contribution in [0.1, 0.15) is 12.0 Å². The van der Waals surface area contributed by atoms with Crippen molar-refractivity contribution in [3.63, 3.8) is 0 Å². The molecule has 18 heavy (non-hydrogen) atoms. The zero-order valence-corrected chi connectivity index (χ0v) is 10.7. The Bertz CT molecular complexity index is 536. The van der Waals surface area contributed by atoms with Crippen molar-refractivity contribution >= 4 is 16.0 Å². The first-order valence-electron chi connectivity index (χ1n) is 5.80. The van der Waals surface area contributed by atoms with E-state index in [2.05, 4.69) is 0 Å². The van der Waals surface area contributed by atoms with Gasteiger partial charge in [-0.05, 0) is 12.1 Å². The van der Waals surface area contributed by atoms with E-state index < -0.39 is 10.1 Å². The maximum Gasteiger partial charge on any atom is 0.370 e. The smallest absolute Gasteiger partial charge is 0.370 e. The van der Waals surface area contributed by atoms with E-state index >= 15 is 0 Å². The molecule has 0 N–H and O–H groups in total. The second kappa shape index (κ2) is 5.49. The topological polar surface area (TPSA) is 69.4 Å². The summed E-state index contributed by atoms with van der Waals surface area (Å²) in [6, 6.07) is 9.65. The second-order valence-electron chi connectivity index (χ2n) is 4.12. The number of nitrogens with zero attached hydrogens (tertiary/aromatic N) is 1. The Morgan fingerprint density at radius 1 is 1.28 bits per heavy atom. The summed E-state index contributed by atoms with van der Waals surface area (Å²) in [6.07, 6.45) is 0.325. The molecule has 0 aliphatic carbocycles. The Labute approximate surface area is 106 Å². The zero-order valence-electron chi connectivity index (χ0n) is 9.91. The van der Waals surface area contributed by atoms with Crippen molar-refractivity contribution in [3.8, 4) is 0 Å². The van der Waals surface area contributed by atoms with Crippen LogP contribution in [0.2, 0.25) is 0 Å². The van der Waals surface area contributed by atoms with Crippen LogP contribution in [0.15, 0.2) is 30.3 Å². The van der Waals surface area contributed by atoms with E-state index in [1.165, 1.54) is 0 Å². The summed E-state index contributed by atoms with van der Waals surface area (Å²) in [5, 5.41) is 0. The molecule has 6 heteroatoms. The lowest BCUT2D eigenvalue weighted by molar-refractivity contribution is -0.517. The van der Waals surface area contributed by atoms with Gasteiger partial charge >= 0.3 is 5.90 Å². The van der Waals surface area contributed by atoms with E-state index in [1.54, 1.807) is 0 Å². The first kappa shape index (κ1) is 13.0. The van der Waals surface area contributed by atoms with Crippen LogP contribution >= 0.6 is 0 Å². The first-order chi connectivity index (χ1) is 8.56. The first-order valence-corrected chi connectivity index (χ1v) is 7.38. The van der Waals surface area contributed by atoms with Gasteiger partial charge in [-0.25, -0.2) is 8.42 Å². The Balaban J connectivity index is 2.06. The molecule has 0 spiro atoms. The van der Waals surface area contributed by atoms with Crippen molar-refractivity contribution < 1.29 is 22.3 Å². The lowest BCUT2D eigenvalue weighted by atomic mass is 10.2. The average Bonchev–Trinajstić information content (AvgIpc) is 2.77. The van der Waals surface area contributed by atoms with E-state index in [0.717, 1.165) is 18.0 Å². The molecule has 1 aromatic carbocycles. The third-order valence-corrected chi connectivity index (χ3v) is 3.52. The molecule has 0 unspecified atom stereocenters. The molecule has 0 bridgehead atoms. The van der Waals surface area contributed by atoms with Crippen LogP contribution in [0.25, 0.3) is 0 Å². The molecule has 0 amide bonds. The van der Waals surface area contributed by atoms with Gasteiger partial charge in [0.05, 0.1) is 15.7 Å². The summed E-state index contributed by atoms with van der Waals surface area (Å²) in [6.45, 7) is 1.84. The van der Waals surface area contributed by atoms with Crippen molar-refractivity contribution in [2.75, 3.05) is 25.4 Å². The lowest BCUT2D eigenvalue weighted by Gasteiger charge is -2.05. The highest BCUT2D eigenvalue weighted by Crippen LogP contribution is 2.07. The monoisotopic (exact) mass is 269 g/mol. The van der Waals surface area contributed by atoms with Crippen LogP contribution in [-0.4, -0.2) is 48.9 Å². The van der Waals surface area contributed by atoms with Gasteiger partial charge in [-0.15, -0.1) is 0 Å². The highest BCUT2D eigenvalue weighted by atomic mass is 32.2. The fraction of sp³-hybridized carbons (Fsp3) is 0.417. The standard InChI is InChI=1S/C12H15NO4S/c14-18(15,16)10-4-7-13-8-9-17-12(13)11-5-2-1-3-6-11/h1-3,5-6H,4,7-10H2. The quantitative estimate of drug-likeness (QED) is 0.573. The zero-order chi connectivity index (χ0) is 13.0. The number of hydrogen-bond donors (Lipinski definition) is 0. The number of hydrogen-bond acceptors (Lipinski definition) is 4. The Morgan fingerprint density at radius 2 is 2.00 bits per heavy atom. The van der Waals surface area contributed by atoms with Gasteiger partial charge in [0.15, 0.2) is 13.2 Å². The molecule has 1 aliphatic heterocycles. The Kier molecular flexibility index (Phi) is 3.98. The molecule has 1 aromatic rings. The SMILES string of the molecule is O=S(=O)([O-])CCC[N+]1=C(c2ccccc2)OCC1. The molecule has 0 radical (unpaired) electrons. The minimum atomic E-state index is -4.12. The molecular weight excluding hydrogens is 254 g/mol. The summed E-state index contributed by atoms with van der Waals surface area (Å²) in [5.74, 6) is 0.435. The van der Waals surface area contributed by atoms with Crippen LogP contribution in [0, 0.1) is 0 Å². The van der Waals surface area contributed by atoms with Gasteiger partial charge < -0.3 is 9.29 Å². The van der Waals surface area contributed by atoms with Crippen LogP contribution in [0.3, 0.4) is 0 Å². The van der Waals surface area contributed by atoms with Crippen molar-refractivity contribution in [2.45, 2.75) is 6.42 Å². The fourth-order valence-corrected chi connectivity index (χ4v) is 2.42. The van der Waals surface area contributed by atoms with E-state index in [4.69, 9.17) is 4.74 Å². The number of rotatable bonds is 5. The largest absolute Gasteiger partial charge is 0.748 e. The van der Waals surface area contributed by atoms with Crippen LogP contribution in [0.4, 0.5) is 0 Å². The number of ether oxygens (including phenoxy) is 1. The molecule has 98 valence electrons. The van der Waals surface area contributed by atoms with Gasteiger partial charge in [0, 0.05) is 12.2 Å². The summed E-state index contributed by atoms with van der Waals surface area (Å²) < 4.78 is 39.2. The molecule has 1 aliphatic rings. The highest BCUT2D eigenvalue weighted by Gasteiger charge is 2.25. The van der Waals surface area contributed by atoms with Crippen molar-refractivity contribution in [1.82, 2.24) is 0 Å². The maximum atomic E-state index is 10.5.